The summed E-state index contributed by atoms with van der Waals surface area (Å²) in [6, 6.07) is 15.7. The van der Waals surface area contributed by atoms with Gasteiger partial charge in [0.05, 0.1) is 17.1 Å². The molecular weight excluding hydrogens is 452 g/mol. The molecule has 0 bridgehead atoms. The van der Waals surface area contributed by atoms with Crippen molar-refractivity contribution in [3.8, 4) is 11.1 Å². The molecule has 34 heavy (non-hydrogen) atoms. The topological polar surface area (TPSA) is 143 Å². The van der Waals surface area contributed by atoms with Crippen molar-refractivity contribution in [2.45, 2.75) is 39.3 Å². The number of anilines is 1. The minimum atomic E-state index is -0.305. The van der Waals surface area contributed by atoms with E-state index in [1.807, 2.05) is 19.9 Å². The summed E-state index contributed by atoms with van der Waals surface area (Å²) in [5.41, 5.74) is 15.2. The van der Waals surface area contributed by atoms with Crippen LogP contribution >= 0.6 is 11.6 Å². The summed E-state index contributed by atoms with van der Waals surface area (Å²) >= 11 is 6.63. The Balaban J connectivity index is 1.94. The molecule has 3 rings (SSSR count). The van der Waals surface area contributed by atoms with E-state index >= 15 is 0 Å². The standard InChI is InChI=1S/C25H29ClN6O2/c1-3-15(2)31-22-12-20(26)24(18-5-4-6-19(27)11-18)21(32(22)34)13-23(33)30-14-16-7-9-17(10-8-16)25(28)29/h4-12,15,34H,3,13-14,27H2,1-2H3,(H3,28,29)(H,30,33). The monoisotopic (exact) mass is 480 g/mol. The van der Waals surface area contributed by atoms with E-state index in [4.69, 9.17) is 28.5 Å². The molecule has 1 heterocycles. The number of carbonyl (C=O) groups excluding carboxylic acids is 1. The lowest BCUT2D eigenvalue weighted by Crippen LogP contribution is -2.30. The number of pyridine rings is 1. The molecule has 2 aromatic carbocycles. The lowest BCUT2D eigenvalue weighted by molar-refractivity contribution is -0.120. The van der Waals surface area contributed by atoms with Crippen LogP contribution in [0, 0.1) is 5.41 Å². The van der Waals surface area contributed by atoms with E-state index in [9.17, 15) is 10.0 Å². The van der Waals surface area contributed by atoms with Crippen LogP contribution in [0.5, 0.6) is 0 Å². The Kier molecular flexibility index (Phi) is 7.96. The summed E-state index contributed by atoms with van der Waals surface area (Å²) in [7, 11) is 0. The summed E-state index contributed by atoms with van der Waals surface area (Å²) < 4.78 is 0.928. The Morgan fingerprint density at radius 1 is 1.24 bits per heavy atom. The van der Waals surface area contributed by atoms with Gasteiger partial charge in [-0.2, -0.15) is 4.73 Å². The van der Waals surface area contributed by atoms with E-state index in [0.717, 1.165) is 16.7 Å². The summed E-state index contributed by atoms with van der Waals surface area (Å²) in [5.74, 6) is -0.322. The van der Waals surface area contributed by atoms with Crippen molar-refractivity contribution in [3.05, 3.63) is 81.9 Å². The molecule has 0 fully saturated rings. The minimum absolute atomic E-state index is 0.0169. The Hall–Kier alpha value is -3.78. The molecule has 0 aliphatic carbocycles. The summed E-state index contributed by atoms with van der Waals surface area (Å²) in [6.07, 6.45) is 0.655. The van der Waals surface area contributed by atoms with Crippen molar-refractivity contribution in [3.63, 3.8) is 0 Å². The number of amides is 1. The van der Waals surface area contributed by atoms with Gasteiger partial charge in [-0.3, -0.25) is 15.2 Å². The maximum absolute atomic E-state index is 12.9. The molecule has 1 aromatic heterocycles. The van der Waals surface area contributed by atoms with E-state index in [0.29, 0.717) is 33.1 Å². The van der Waals surface area contributed by atoms with E-state index in [1.165, 1.54) is 0 Å². The number of halogens is 1. The third-order valence-corrected chi connectivity index (χ3v) is 5.76. The average molecular weight is 481 g/mol. The van der Waals surface area contributed by atoms with Crippen LogP contribution in [0.4, 0.5) is 5.69 Å². The quantitative estimate of drug-likeness (QED) is 0.145. The highest BCUT2D eigenvalue weighted by Crippen LogP contribution is 2.31. The number of rotatable bonds is 8. The van der Waals surface area contributed by atoms with Gasteiger partial charge < -0.3 is 22.0 Å². The number of carbonyl (C=O) groups is 1. The van der Waals surface area contributed by atoms with Crippen LogP contribution in [0.15, 0.2) is 59.6 Å². The highest BCUT2D eigenvalue weighted by atomic mass is 35.5. The Bertz CT molecular complexity index is 1270. The third kappa shape index (κ3) is 5.96. The van der Waals surface area contributed by atoms with Crippen molar-refractivity contribution in [1.29, 1.82) is 5.41 Å². The van der Waals surface area contributed by atoms with Gasteiger partial charge in [-0.05, 0) is 36.6 Å². The summed E-state index contributed by atoms with van der Waals surface area (Å²) in [5, 5.41) is 21.7. The molecule has 1 amide bonds. The molecule has 0 saturated heterocycles. The average Bonchev–Trinajstić information content (AvgIpc) is 2.81. The summed E-state index contributed by atoms with van der Waals surface area (Å²) in [4.78, 5) is 17.4. The number of amidine groups is 1. The first-order chi connectivity index (χ1) is 16.2. The Labute approximate surface area is 203 Å². The molecule has 1 unspecified atom stereocenters. The van der Waals surface area contributed by atoms with Gasteiger partial charge in [0.2, 0.25) is 5.91 Å². The van der Waals surface area contributed by atoms with Gasteiger partial charge in [0.1, 0.15) is 5.84 Å². The van der Waals surface area contributed by atoms with Crippen LogP contribution in [0.2, 0.25) is 5.02 Å². The van der Waals surface area contributed by atoms with E-state index < -0.39 is 0 Å². The first kappa shape index (κ1) is 24.9. The molecule has 1 atom stereocenters. The fourth-order valence-corrected chi connectivity index (χ4v) is 3.73. The molecule has 3 aromatic rings. The Morgan fingerprint density at radius 3 is 2.56 bits per heavy atom. The second kappa shape index (κ2) is 10.9. The zero-order valence-electron chi connectivity index (χ0n) is 19.2. The molecule has 0 radical (unpaired) electrons. The molecule has 178 valence electrons. The van der Waals surface area contributed by atoms with Crippen LogP contribution in [0.25, 0.3) is 11.1 Å². The fourth-order valence-electron chi connectivity index (χ4n) is 3.42. The van der Waals surface area contributed by atoms with Crippen LogP contribution in [0.3, 0.4) is 0 Å². The predicted octanol–water partition coefficient (Wildman–Crippen LogP) is 3.47. The van der Waals surface area contributed by atoms with Crippen molar-refractivity contribution < 1.29 is 10.0 Å². The number of benzene rings is 2. The fraction of sp³-hybridized carbons (Fsp3) is 0.240. The van der Waals surface area contributed by atoms with Crippen molar-refractivity contribution in [2.24, 2.45) is 10.7 Å². The largest absolute Gasteiger partial charge is 0.427 e. The molecule has 0 aliphatic rings. The molecule has 0 saturated carbocycles. The highest BCUT2D eigenvalue weighted by molar-refractivity contribution is 6.33. The summed E-state index contributed by atoms with van der Waals surface area (Å²) in [6.45, 7) is 4.21. The molecule has 0 spiro atoms. The van der Waals surface area contributed by atoms with Gasteiger partial charge in [-0.15, -0.1) is 0 Å². The van der Waals surface area contributed by atoms with Gasteiger partial charge in [0.25, 0.3) is 0 Å². The third-order valence-electron chi connectivity index (χ3n) is 5.46. The number of nitrogens with zero attached hydrogens (tertiary/aromatic N) is 2. The van der Waals surface area contributed by atoms with Crippen LogP contribution in [-0.4, -0.2) is 27.7 Å². The van der Waals surface area contributed by atoms with Crippen LogP contribution in [0.1, 0.15) is 37.1 Å². The van der Waals surface area contributed by atoms with Crippen LogP contribution in [-0.2, 0) is 17.8 Å². The normalized spacial score (nSPS) is 12.4. The number of hydrogen-bond acceptors (Lipinski definition) is 5. The molecule has 7 N–H and O–H groups in total. The Morgan fingerprint density at radius 2 is 1.94 bits per heavy atom. The number of hydrogen-bond donors (Lipinski definition) is 5. The zero-order chi connectivity index (χ0) is 24.8. The lowest BCUT2D eigenvalue weighted by atomic mass is 10.0. The maximum atomic E-state index is 12.9. The van der Waals surface area contributed by atoms with Crippen molar-refractivity contribution in [1.82, 2.24) is 10.0 Å². The lowest BCUT2D eigenvalue weighted by Gasteiger charge is -2.17. The van der Waals surface area contributed by atoms with Crippen molar-refractivity contribution in [2.75, 3.05) is 5.73 Å². The maximum Gasteiger partial charge on any atom is 0.226 e. The smallest absolute Gasteiger partial charge is 0.226 e. The minimum Gasteiger partial charge on any atom is -0.427 e. The van der Waals surface area contributed by atoms with Gasteiger partial charge in [0.15, 0.2) is 5.49 Å². The van der Waals surface area contributed by atoms with Gasteiger partial charge >= 0.3 is 0 Å². The van der Waals surface area contributed by atoms with E-state index in [2.05, 4.69) is 10.3 Å². The first-order valence-electron chi connectivity index (χ1n) is 10.9. The van der Waals surface area contributed by atoms with E-state index in [-0.39, 0.29) is 36.2 Å². The number of nitrogens with one attached hydrogen (secondary N) is 2. The van der Waals surface area contributed by atoms with Gasteiger partial charge in [0, 0.05) is 35.5 Å². The van der Waals surface area contributed by atoms with Crippen LogP contribution < -0.4 is 22.3 Å². The second-order valence-electron chi connectivity index (χ2n) is 8.06. The highest BCUT2D eigenvalue weighted by Gasteiger charge is 2.19. The first-order valence-corrected chi connectivity index (χ1v) is 11.3. The number of nitrogen functional groups attached to an aromatic ring is 2. The second-order valence-corrected chi connectivity index (χ2v) is 8.47. The van der Waals surface area contributed by atoms with Gasteiger partial charge in [-0.25, -0.2) is 0 Å². The van der Waals surface area contributed by atoms with E-state index in [1.54, 1.807) is 48.5 Å². The molecule has 9 heteroatoms. The van der Waals surface area contributed by atoms with Crippen molar-refractivity contribution >= 4 is 29.0 Å². The molecule has 8 nitrogen and oxygen atoms in total. The number of aromatic nitrogens is 1. The SMILES string of the molecule is CCC(C)N=c1cc(Cl)c(-c2cccc(N)c2)c(CC(=O)NCc2ccc(C(=N)N)cc2)n1O. The van der Waals surface area contributed by atoms with Gasteiger partial charge in [-0.1, -0.05) is 54.9 Å². The predicted molar refractivity (Wildman–Crippen MR) is 135 cm³/mol. The zero-order valence-corrected chi connectivity index (χ0v) is 19.9. The molecular formula is C25H29ClN6O2. The molecule has 0 aliphatic heterocycles. The number of nitrogens with two attached hydrogens (primary N) is 2.